The van der Waals surface area contributed by atoms with Gasteiger partial charge in [0.15, 0.2) is 0 Å². The molecule has 0 radical (unpaired) electrons. The maximum atomic E-state index is 13.3. The van der Waals surface area contributed by atoms with Crippen molar-refractivity contribution in [3.05, 3.63) is 48.3 Å². The Morgan fingerprint density at radius 2 is 1.81 bits per heavy atom. The third-order valence-electron chi connectivity index (χ3n) is 3.49. The zero-order valence-electron chi connectivity index (χ0n) is 12.4. The quantitative estimate of drug-likeness (QED) is 0.681. The molecule has 3 aromatic rings. The number of aromatic nitrogens is 2. The van der Waals surface area contributed by atoms with Crippen LogP contribution in [0.4, 0.5) is 10.1 Å². The molecule has 1 heterocycles. The highest BCUT2D eigenvalue weighted by molar-refractivity contribution is 5.84. The Kier molecular flexibility index (Phi) is 2.97. The van der Waals surface area contributed by atoms with Crippen molar-refractivity contribution in [1.29, 1.82) is 0 Å². The Hall–Kier alpha value is -2.36. The van der Waals surface area contributed by atoms with Gasteiger partial charge in [0, 0.05) is 16.8 Å². The number of hydrogen-bond acceptors (Lipinski definition) is 2. The molecule has 4 heteroatoms. The van der Waals surface area contributed by atoms with E-state index in [1.165, 1.54) is 12.1 Å². The van der Waals surface area contributed by atoms with Crippen molar-refractivity contribution < 1.29 is 4.39 Å². The van der Waals surface area contributed by atoms with E-state index in [1.54, 1.807) is 6.07 Å². The number of imidazole rings is 1. The van der Waals surface area contributed by atoms with Gasteiger partial charge in [0.05, 0.1) is 11.0 Å². The average Bonchev–Trinajstić information content (AvgIpc) is 2.77. The van der Waals surface area contributed by atoms with E-state index >= 15 is 0 Å². The molecular formula is C17H18FN3. The van der Waals surface area contributed by atoms with Gasteiger partial charge >= 0.3 is 0 Å². The first-order chi connectivity index (χ1) is 9.88. The molecule has 21 heavy (non-hydrogen) atoms. The zero-order chi connectivity index (χ0) is 15.2. The van der Waals surface area contributed by atoms with Crippen LogP contribution in [0.5, 0.6) is 0 Å². The highest BCUT2D eigenvalue weighted by Crippen LogP contribution is 2.33. The van der Waals surface area contributed by atoms with E-state index < -0.39 is 0 Å². The summed E-state index contributed by atoms with van der Waals surface area (Å²) < 4.78 is 15.4. The lowest BCUT2D eigenvalue weighted by atomic mass is 10.1. The number of anilines is 1. The van der Waals surface area contributed by atoms with E-state index in [1.807, 2.05) is 24.3 Å². The van der Waals surface area contributed by atoms with Crippen LogP contribution in [0.15, 0.2) is 42.5 Å². The average molecular weight is 283 g/mol. The second-order valence-corrected chi connectivity index (χ2v) is 6.16. The second-order valence-electron chi connectivity index (χ2n) is 6.16. The van der Waals surface area contributed by atoms with Gasteiger partial charge in [0.25, 0.3) is 0 Å². The van der Waals surface area contributed by atoms with E-state index in [-0.39, 0.29) is 11.4 Å². The van der Waals surface area contributed by atoms with Gasteiger partial charge in [-0.05, 0) is 51.1 Å². The van der Waals surface area contributed by atoms with Gasteiger partial charge in [-0.1, -0.05) is 12.1 Å². The normalized spacial score (nSPS) is 12.0. The summed E-state index contributed by atoms with van der Waals surface area (Å²) in [6.45, 7) is 6.35. The van der Waals surface area contributed by atoms with Gasteiger partial charge in [0.1, 0.15) is 11.6 Å². The van der Waals surface area contributed by atoms with Crippen LogP contribution in [-0.2, 0) is 5.54 Å². The Balaban J connectivity index is 2.37. The number of fused-ring (bicyclic) bond motifs is 1. The standard InChI is InChI=1S/C17H18FN3/c1-17(2,3)21-15-7-5-4-6-14(15)20-16(21)12-9-8-11(18)10-13(12)19/h4-10H,19H2,1-3H3. The third-order valence-corrected chi connectivity index (χ3v) is 3.49. The van der Waals surface area contributed by atoms with Crippen LogP contribution in [0.1, 0.15) is 20.8 Å². The molecule has 0 unspecified atom stereocenters. The van der Waals surface area contributed by atoms with Crippen molar-refractivity contribution in [2.75, 3.05) is 5.73 Å². The molecule has 0 aliphatic rings. The van der Waals surface area contributed by atoms with Crippen LogP contribution in [0, 0.1) is 5.82 Å². The van der Waals surface area contributed by atoms with Crippen molar-refractivity contribution in [2.24, 2.45) is 0 Å². The molecule has 0 saturated heterocycles. The Morgan fingerprint density at radius 3 is 2.48 bits per heavy atom. The molecule has 0 aliphatic carbocycles. The molecule has 0 fully saturated rings. The van der Waals surface area contributed by atoms with E-state index in [0.717, 1.165) is 22.4 Å². The summed E-state index contributed by atoms with van der Waals surface area (Å²) in [7, 11) is 0. The molecular weight excluding hydrogens is 265 g/mol. The van der Waals surface area contributed by atoms with Crippen molar-refractivity contribution in [3.63, 3.8) is 0 Å². The van der Waals surface area contributed by atoms with Crippen molar-refractivity contribution in [2.45, 2.75) is 26.3 Å². The number of para-hydroxylation sites is 2. The Bertz CT molecular complexity index is 813. The molecule has 3 rings (SSSR count). The molecule has 1 aromatic heterocycles. The van der Waals surface area contributed by atoms with E-state index in [0.29, 0.717) is 5.69 Å². The van der Waals surface area contributed by atoms with Crippen molar-refractivity contribution in [1.82, 2.24) is 9.55 Å². The van der Waals surface area contributed by atoms with Gasteiger partial charge in [-0.15, -0.1) is 0 Å². The molecule has 0 bridgehead atoms. The number of nitrogens with zero attached hydrogens (tertiary/aromatic N) is 2. The molecule has 0 amide bonds. The largest absolute Gasteiger partial charge is 0.398 e. The predicted octanol–water partition coefficient (Wildman–Crippen LogP) is 4.18. The van der Waals surface area contributed by atoms with Crippen LogP contribution < -0.4 is 5.73 Å². The van der Waals surface area contributed by atoms with E-state index in [9.17, 15) is 4.39 Å². The number of nitrogens with two attached hydrogens (primary N) is 1. The molecule has 2 N–H and O–H groups in total. The molecule has 0 spiro atoms. The van der Waals surface area contributed by atoms with Gasteiger partial charge in [-0.3, -0.25) is 0 Å². The topological polar surface area (TPSA) is 43.8 Å². The van der Waals surface area contributed by atoms with E-state index in [4.69, 9.17) is 10.7 Å². The highest BCUT2D eigenvalue weighted by atomic mass is 19.1. The lowest BCUT2D eigenvalue weighted by Gasteiger charge is -2.25. The molecule has 108 valence electrons. The zero-order valence-corrected chi connectivity index (χ0v) is 12.4. The Morgan fingerprint density at radius 1 is 1.10 bits per heavy atom. The lowest BCUT2D eigenvalue weighted by Crippen LogP contribution is -2.22. The maximum Gasteiger partial charge on any atom is 0.143 e. The maximum absolute atomic E-state index is 13.3. The molecule has 2 aromatic carbocycles. The second kappa shape index (κ2) is 4.58. The first kappa shape index (κ1) is 13.6. The molecule has 0 saturated carbocycles. The molecule has 0 aliphatic heterocycles. The Labute approximate surface area is 123 Å². The van der Waals surface area contributed by atoms with Gasteiger partial charge < -0.3 is 10.3 Å². The summed E-state index contributed by atoms with van der Waals surface area (Å²) in [4.78, 5) is 4.70. The van der Waals surface area contributed by atoms with Crippen LogP contribution in [0.3, 0.4) is 0 Å². The lowest BCUT2D eigenvalue weighted by molar-refractivity contribution is 0.413. The SMILES string of the molecule is CC(C)(C)n1c(-c2ccc(F)cc2N)nc2ccccc21. The summed E-state index contributed by atoms with van der Waals surface area (Å²) in [6, 6.07) is 12.4. The number of hydrogen-bond donors (Lipinski definition) is 1. The van der Waals surface area contributed by atoms with Gasteiger partial charge in [-0.2, -0.15) is 0 Å². The van der Waals surface area contributed by atoms with Crippen LogP contribution in [0.2, 0.25) is 0 Å². The summed E-state index contributed by atoms with van der Waals surface area (Å²) in [5.41, 5.74) is 8.94. The fourth-order valence-corrected chi connectivity index (χ4v) is 2.62. The number of rotatable bonds is 1. The smallest absolute Gasteiger partial charge is 0.143 e. The van der Waals surface area contributed by atoms with Gasteiger partial charge in [0.2, 0.25) is 0 Å². The molecule has 0 atom stereocenters. The van der Waals surface area contributed by atoms with Gasteiger partial charge in [-0.25, -0.2) is 9.37 Å². The predicted molar refractivity (Wildman–Crippen MR) is 84.5 cm³/mol. The first-order valence-electron chi connectivity index (χ1n) is 6.91. The third kappa shape index (κ3) is 2.27. The van der Waals surface area contributed by atoms with Crippen LogP contribution in [0.25, 0.3) is 22.4 Å². The van der Waals surface area contributed by atoms with E-state index in [2.05, 4.69) is 25.3 Å². The van der Waals surface area contributed by atoms with Crippen LogP contribution in [-0.4, -0.2) is 9.55 Å². The number of benzene rings is 2. The number of nitrogen functional groups attached to an aromatic ring is 1. The summed E-state index contributed by atoms with van der Waals surface area (Å²) in [6.07, 6.45) is 0. The fourth-order valence-electron chi connectivity index (χ4n) is 2.62. The summed E-state index contributed by atoms with van der Waals surface area (Å²) in [5, 5.41) is 0. The summed E-state index contributed by atoms with van der Waals surface area (Å²) >= 11 is 0. The fraction of sp³-hybridized carbons (Fsp3) is 0.235. The van der Waals surface area contributed by atoms with Crippen molar-refractivity contribution >= 4 is 16.7 Å². The minimum atomic E-state index is -0.338. The molecule has 3 nitrogen and oxygen atoms in total. The first-order valence-corrected chi connectivity index (χ1v) is 6.91. The highest BCUT2D eigenvalue weighted by Gasteiger charge is 2.23. The monoisotopic (exact) mass is 283 g/mol. The van der Waals surface area contributed by atoms with Crippen LogP contribution >= 0.6 is 0 Å². The minimum Gasteiger partial charge on any atom is -0.398 e. The minimum absolute atomic E-state index is 0.160. The summed E-state index contributed by atoms with van der Waals surface area (Å²) in [5.74, 6) is 0.427. The van der Waals surface area contributed by atoms with Crippen molar-refractivity contribution in [3.8, 4) is 11.4 Å². The number of halogens is 1.